The van der Waals surface area contributed by atoms with Gasteiger partial charge in [0.1, 0.15) is 5.75 Å². The lowest BCUT2D eigenvalue weighted by atomic mass is 9.98. The van der Waals surface area contributed by atoms with E-state index >= 15 is 0 Å². The third-order valence-electron chi connectivity index (χ3n) is 8.33. The first kappa shape index (κ1) is 32.0. The predicted molar refractivity (Wildman–Crippen MR) is 173 cm³/mol. The van der Waals surface area contributed by atoms with Crippen molar-refractivity contribution >= 4 is 17.5 Å². The molecule has 3 aromatic rings. The molecule has 2 N–H and O–H groups in total. The van der Waals surface area contributed by atoms with Gasteiger partial charge < -0.3 is 25.2 Å². The minimum atomic E-state index is -0.116. The quantitative estimate of drug-likeness (QED) is 0.291. The molecule has 230 valence electrons. The number of amides is 2. The van der Waals surface area contributed by atoms with E-state index in [2.05, 4.69) is 50.5 Å². The molecular formula is C35H47N5O3. The van der Waals surface area contributed by atoms with Crippen molar-refractivity contribution in [3.05, 3.63) is 88.7 Å². The number of hydrogen-bond donors (Lipinski definition) is 2. The minimum Gasteiger partial charge on any atom is -0.497 e. The van der Waals surface area contributed by atoms with Crippen LogP contribution in [0.5, 0.6) is 5.75 Å². The summed E-state index contributed by atoms with van der Waals surface area (Å²) in [4.78, 5) is 34.9. The number of likely N-dealkylation sites (tertiary alicyclic amines) is 1. The fraction of sp³-hybridized carbons (Fsp3) is 0.457. The van der Waals surface area contributed by atoms with Crippen LogP contribution < -0.4 is 20.3 Å². The van der Waals surface area contributed by atoms with Crippen molar-refractivity contribution in [2.24, 2.45) is 0 Å². The molecule has 43 heavy (non-hydrogen) atoms. The highest BCUT2D eigenvalue weighted by Crippen LogP contribution is 2.28. The average Bonchev–Trinajstić information content (AvgIpc) is 3.00. The number of ether oxygens (including phenoxy) is 1. The number of rotatable bonds is 12. The molecule has 1 atom stereocenters. The van der Waals surface area contributed by atoms with E-state index in [0.717, 1.165) is 55.8 Å². The van der Waals surface area contributed by atoms with Crippen molar-refractivity contribution < 1.29 is 14.3 Å². The second-order valence-electron chi connectivity index (χ2n) is 12.0. The highest BCUT2D eigenvalue weighted by molar-refractivity contribution is 6.00. The Bertz CT molecular complexity index is 1330. The van der Waals surface area contributed by atoms with Gasteiger partial charge in [-0.2, -0.15) is 0 Å². The van der Waals surface area contributed by atoms with Gasteiger partial charge in [-0.25, -0.2) is 0 Å². The van der Waals surface area contributed by atoms with Gasteiger partial charge in [0.25, 0.3) is 11.8 Å². The van der Waals surface area contributed by atoms with Gasteiger partial charge in [0, 0.05) is 73.5 Å². The lowest BCUT2D eigenvalue weighted by Gasteiger charge is -2.42. The fourth-order valence-corrected chi connectivity index (χ4v) is 6.00. The smallest absolute Gasteiger partial charge is 0.251 e. The first-order valence-electron chi connectivity index (χ1n) is 15.4. The molecule has 0 saturated carbocycles. The van der Waals surface area contributed by atoms with Crippen LogP contribution >= 0.6 is 0 Å². The topological polar surface area (TPSA) is 86.8 Å². The Kier molecular flexibility index (Phi) is 11.2. The number of methoxy groups -OCH3 is 1. The fourth-order valence-electron chi connectivity index (χ4n) is 6.00. The van der Waals surface area contributed by atoms with Gasteiger partial charge in [-0.05, 0) is 113 Å². The first-order chi connectivity index (χ1) is 20.7. The van der Waals surface area contributed by atoms with Crippen LogP contribution in [-0.4, -0.2) is 66.6 Å². The predicted octanol–water partition coefficient (Wildman–Crippen LogP) is 5.52. The molecule has 0 aliphatic carbocycles. The van der Waals surface area contributed by atoms with Gasteiger partial charge in [-0.3, -0.25) is 14.6 Å². The molecule has 1 saturated heterocycles. The van der Waals surface area contributed by atoms with Crippen LogP contribution in [0.2, 0.25) is 0 Å². The third-order valence-corrected chi connectivity index (χ3v) is 8.33. The molecule has 1 aliphatic rings. The van der Waals surface area contributed by atoms with Crippen LogP contribution in [0.4, 0.5) is 5.69 Å². The van der Waals surface area contributed by atoms with Gasteiger partial charge in [0.2, 0.25) is 0 Å². The van der Waals surface area contributed by atoms with E-state index in [1.807, 2.05) is 58.3 Å². The highest BCUT2D eigenvalue weighted by Gasteiger charge is 2.27. The van der Waals surface area contributed by atoms with Crippen molar-refractivity contribution in [3.8, 4) is 5.75 Å². The summed E-state index contributed by atoms with van der Waals surface area (Å²) in [6, 6.07) is 16.9. The van der Waals surface area contributed by atoms with Crippen molar-refractivity contribution in [1.29, 1.82) is 0 Å². The standard InChI is InChI=1S/C35H47N5O3/c1-24(2)38-34(41)29-20-25(3)33(26(4)21-29)35(42)37-17-13-27(5)39-18-14-31(15-19-39)40(23-28-8-7-16-36-22-28)30-9-11-32(43-6)12-10-30/h7-12,16,20-22,24,27,31H,13-15,17-19,23H2,1-6H3,(H,37,42)(H,38,41)/t27-/m1/s1. The second-order valence-corrected chi connectivity index (χ2v) is 12.0. The van der Waals surface area contributed by atoms with Crippen LogP contribution in [0.1, 0.15) is 77.4 Å². The summed E-state index contributed by atoms with van der Waals surface area (Å²) in [5, 5.41) is 6.04. The molecule has 4 rings (SSSR count). The van der Waals surface area contributed by atoms with Crippen LogP contribution in [0.3, 0.4) is 0 Å². The van der Waals surface area contributed by atoms with Crippen LogP contribution in [0.25, 0.3) is 0 Å². The molecular weight excluding hydrogens is 538 g/mol. The minimum absolute atomic E-state index is 0.0584. The number of nitrogens with one attached hydrogen (secondary N) is 2. The third kappa shape index (κ3) is 8.57. The van der Waals surface area contributed by atoms with E-state index in [4.69, 9.17) is 4.74 Å². The maximum atomic E-state index is 13.1. The number of nitrogens with zero attached hydrogens (tertiary/aromatic N) is 3. The van der Waals surface area contributed by atoms with Crippen molar-refractivity contribution in [3.63, 3.8) is 0 Å². The van der Waals surface area contributed by atoms with Crippen LogP contribution in [0, 0.1) is 13.8 Å². The van der Waals surface area contributed by atoms with Gasteiger partial charge in [-0.1, -0.05) is 6.07 Å². The number of aromatic nitrogens is 1. The second kappa shape index (κ2) is 15.0. The first-order valence-corrected chi connectivity index (χ1v) is 15.4. The molecule has 8 heteroatoms. The number of hydrogen-bond acceptors (Lipinski definition) is 6. The molecule has 2 aromatic carbocycles. The zero-order valence-electron chi connectivity index (χ0n) is 26.5. The Hall–Kier alpha value is -3.91. The summed E-state index contributed by atoms with van der Waals surface area (Å²) in [6.07, 6.45) is 6.77. The monoisotopic (exact) mass is 585 g/mol. The maximum absolute atomic E-state index is 13.1. The summed E-state index contributed by atoms with van der Waals surface area (Å²) in [5.41, 5.74) is 5.26. The maximum Gasteiger partial charge on any atom is 0.251 e. The van der Waals surface area contributed by atoms with Gasteiger partial charge in [0.05, 0.1) is 7.11 Å². The van der Waals surface area contributed by atoms with E-state index in [1.165, 1.54) is 11.3 Å². The number of pyridine rings is 1. The molecule has 0 bridgehead atoms. The Morgan fingerprint density at radius 3 is 2.28 bits per heavy atom. The number of piperidine rings is 1. The van der Waals surface area contributed by atoms with E-state index in [0.29, 0.717) is 29.8 Å². The lowest BCUT2D eigenvalue weighted by Crippen LogP contribution is -2.48. The van der Waals surface area contributed by atoms with Crippen LogP contribution in [-0.2, 0) is 6.54 Å². The van der Waals surface area contributed by atoms with Crippen LogP contribution in [0.15, 0.2) is 60.9 Å². The molecule has 1 aliphatic heterocycles. The summed E-state index contributed by atoms with van der Waals surface area (Å²) in [6.45, 7) is 13.3. The molecule has 0 unspecified atom stereocenters. The zero-order valence-corrected chi connectivity index (χ0v) is 26.5. The number of benzene rings is 2. The molecule has 2 heterocycles. The summed E-state index contributed by atoms with van der Waals surface area (Å²) < 4.78 is 5.39. The Balaban J connectivity index is 1.31. The Labute approximate surface area is 256 Å². The summed E-state index contributed by atoms with van der Waals surface area (Å²) in [5.74, 6) is 0.661. The van der Waals surface area contributed by atoms with E-state index in [1.54, 1.807) is 19.2 Å². The Morgan fingerprint density at radius 2 is 1.70 bits per heavy atom. The van der Waals surface area contributed by atoms with Gasteiger partial charge in [-0.15, -0.1) is 0 Å². The average molecular weight is 586 g/mol. The SMILES string of the molecule is COc1ccc(N(Cc2cccnc2)C2CCN([C@H](C)CCNC(=O)c3c(C)cc(C(=O)NC(C)C)cc3C)CC2)cc1. The zero-order chi connectivity index (χ0) is 30.9. The lowest BCUT2D eigenvalue weighted by molar-refractivity contribution is 0.0930. The van der Waals surface area contributed by atoms with Gasteiger partial charge in [0.15, 0.2) is 0 Å². The van der Waals surface area contributed by atoms with Crippen molar-refractivity contribution in [2.75, 3.05) is 31.6 Å². The number of carbonyl (C=O) groups excluding carboxylic acids is 2. The van der Waals surface area contributed by atoms with Crippen molar-refractivity contribution in [2.45, 2.75) is 78.6 Å². The summed E-state index contributed by atoms with van der Waals surface area (Å²) in [7, 11) is 1.69. The van der Waals surface area contributed by atoms with E-state index in [-0.39, 0.29) is 17.9 Å². The largest absolute Gasteiger partial charge is 0.497 e. The summed E-state index contributed by atoms with van der Waals surface area (Å²) >= 11 is 0. The normalized spacial score (nSPS) is 14.8. The Morgan fingerprint density at radius 1 is 1.02 bits per heavy atom. The molecule has 8 nitrogen and oxygen atoms in total. The molecule has 1 fully saturated rings. The van der Waals surface area contributed by atoms with E-state index < -0.39 is 0 Å². The molecule has 0 radical (unpaired) electrons. The highest BCUT2D eigenvalue weighted by atomic mass is 16.5. The number of aryl methyl sites for hydroxylation is 2. The molecule has 0 spiro atoms. The van der Waals surface area contributed by atoms with E-state index in [9.17, 15) is 9.59 Å². The van der Waals surface area contributed by atoms with Gasteiger partial charge >= 0.3 is 0 Å². The molecule has 1 aromatic heterocycles. The molecule has 2 amide bonds. The number of carbonyl (C=O) groups is 2. The number of anilines is 1. The van der Waals surface area contributed by atoms with Crippen molar-refractivity contribution in [1.82, 2.24) is 20.5 Å².